The summed E-state index contributed by atoms with van der Waals surface area (Å²) in [6, 6.07) is 4.27. The molecule has 0 saturated carbocycles. The van der Waals surface area contributed by atoms with Crippen molar-refractivity contribution in [1.29, 1.82) is 0 Å². The Bertz CT molecular complexity index is 235. The molecule has 2 heterocycles. The number of hydrogen-bond donors (Lipinski definition) is 0. The highest BCUT2D eigenvalue weighted by Crippen LogP contribution is 2.35. The molecule has 1 nitrogen and oxygen atoms in total. The van der Waals surface area contributed by atoms with Crippen molar-refractivity contribution in [2.24, 2.45) is 0 Å². The largest absolute Gasteiger partial charge is 0.369 e. The van der Waals surface area contributed by atoms with Gasteiger partial charge in [-0.25, -0.2) is 0 Å². The molecule has 0 bridgehead atoms. The zero-order chi connectivity index (χ0) is 8.39. The number of alkyl halides is 1. The average molecular weight is 294 g/mol. The molecule has 3 heteroatoms. The molecule has 2 rings (SSSR count). The van der Waals surface area contributed by atoms with Crippen molar-refractivity contribution < 1.29 is 4.74 Å². The molecule has 0 radical (unpaired) electrons. The zero-order valence-electron chi connectivity index (χ0n) is 6.70. The molecule has 1 aliphatic rings. The molecule has 0 aromatic carbocycles. The first-order valence-electron chi connectivity index (χ1n) is 4.15. The highest BCUT2D eigenvalue weighted by molar-refractivity contribution is 14.1. The molecule has 66 valence electrons. The van der Waals surface area contributed by atoms with Crippen molar-refractivity contribution in [3.05, 3.63) is 22.4 Å². The summed E-state index contributed by atoms with van der Waals surface area (Å²) in [7, 11) is 0. The van der Waals surface area contributed by atoms with Crippen molar-refractivity contribution >= 4 is 33.9 Å². The van der Waals surface area contributed by atoms with Crippen LogP contribution in [0.1, 0.15) is 23.8 Å². The fraction of sp³-hybridized carbons (Fsp3) is 0.556. The Morgan fingerprint density at radius 2 is 2.50 bits per heavy atom. The van der Waals surface area contributed by atoms with Gasteiger partial charge < -0.3 is 4.74 Å². The summed E-state index contributed by atoms with van der Waals surface area (Å²) in [5.41, 5.74) is 0. The van der Waals surface area contributed by atoms with Crippen LogP contribution in [0.5, 0.6) is 0 Å². The Morgan fingerprint density at radius 1 is 1.58 bits per heavy atom. The van der Waals surface area contributed by atoms with Crippen LogP contribution >= 0.6 is 33.9 Å². The molecule has 0 spiro atoms. The van der Waals surface area contributed by atoms with Gasteiger partial charge in [0.1, 0.15) is 0 Å². The molecule has 0 aliphatic carbocycles. The second-order valence-corrected chi connectivity index (χ2v) is 4.85. The maximum Gasteiger partial charge on any atom is 0.0921 e. The Labute approximate surface area is 90.3 Å². The average Bonchev–Trinajstić information content (AvgIpc) is 2.75. The standard InChI is InChI=1S/C9H11IOS/c10-6-7-3-4-8(11-7)9-2-1-5-12-9/h1-2,5,7-8H,3-4,6H2. The van der Waals surface area contributed by atoms with Crippen molar-refractivity contribution in [3.63, 3.8) is 0 Å². The van der Waals surface area contributed by atoms with Gasteiger partial charge in [-0.15, -0.1) is 11.3 Å². The summed E-state index contributed by atoms with van der Waals surface area (Å²) in [6.07, 6.45) is 3.32. The topological polar surface area (TPSA) is 9.23 Å². The van der Waals surface area contributed by atoms with Crippen molar-refractivity contribution in [3.8, 4) is 0 Å². The lowest BCUT2D eigenvalue weighted by Crippen LogP contribution is -2.06. The Balaban J connectivity index is 2.00. The van der Waals surface area contributed by atoms with Crippen molar-refractivity contribution in [1.82, 2.24) is 0 Å². The molecular formula is C9H11IOS. The summed E-state index contributed by atoms with van der Waals surface area (Å²) in [4.78, 5) is 1.39. The Morgan fingerprint density at radius 3 is 3.08 bits per heavy atom. The van der Waals surface area contributed by atoms with E-state index in [1.165, 1.54) is 17.7 Å². The first kappa shape index (κ1) is 8.97. The summed E-state index contributed by atoms with van der Waals surface area (Å²) in [5, 5.41) is 2.12. The Kier molecular flexibility index (Phi) is 3.04. The van der Waals surface area contributed by atoms with E-state index in [1.54, 1.807) is 11.3 Å². The quantitative estimate of drug-likeness (QED) is 0.600. The first-order valence-corrected chi connectivity index (χ1v) is 6.55. The maximum absolute atomic E-state index is 5.86. The number of thiophene rings is 1. The van der Waals surface area contributed by atoms with E-state index in [9.17, 15) is 0 Å². The second kappa shape index (κ2) is 4.07. The molecule has 1 fully saturated rings. The number of hydrogen-bond acceptors (Lipinski definition) is 2. The molecular weight excluding hydrogens is 283 g/mol. The molecule has 2 unspecified atom stereocenters. The molecule has 1 aromatic heterocycles. The minimum absolute atomic E-state index is 0.393. The maximum atomic E-state index is 5.86. The van der Waals surface area contributed by atoms with Crippen LogP contribution in [0.3, 0.4) is 0 Å². The molecule has 1 aromatic rings. The van der Waals surface area contributed by atoms with Crippen LogP contribution in [0.15, 0.2) is 17.5 Å². The second-order valence-electron chi connectivity index (χ2n) is 2.99. The number of ether oxygens (including phenoxy) is 1. The van der Waals surface area contributed by atoms with E-state index in [0.717, 1.165) is 4.43 Å². The number of rotatable bonds is 2. The van der Waals surface area contributed by atoms with E-state index in [2.05, 4.69) is 40.1 Å². The highest BCUT2D eigenvalue weighted by Gasteiger charge is 2.25. The minimum Gasteiger partial charge on any atom is -0.369 e. The van der Waals surface area contributed by atoms with Gasteiger partial charge in [-0.05, 0) is 24.3 Å². The zero-order valence-corrected chi connectivity index (χ0v) is 9.68. The molecule has 12 heavy (non-hydrogen) atoms. The molecule has 1 aliphatic heterocycles. The van der Waals surface area contributed by atoms with Crippen LogP contribution in [0.25, 0.3) is 0 Å². The van der Waals surface area contributed by atoms with Gasteiger partial charge in [0.25, 0.3) is 0 Å². The summed E-state index contributed by atoms with van der Waals surface area (Å²) >= 11 is 4.20. The molecule has 2 atom stereocenters. The van der Waals surface area contributed by atoms with E-state index >= 15 is 0 Å². The van der Waals surface area contributed by atoms with Gasteiger partial charge in [-0.2, -0.15) is 0 Å². The first-order chi connectivity index (χ1) is 5.90. The van der Waals surface area contributed by atoms with Gasteiger partial charge in [-0.1, -0.05) is 28.7 Å². The lowest BCUT2D eigenvalue weighted by Gasteiger charge is -2.09. The van der Waals surface area contributed by atoms with Gasteiger partial charge in [-0.3, -0.25) is 0 Å². The Hall–Kier alpha value is 0.390. The van der Waals surface area contributed by atoms with E-state index in [0.29, 0.717) is 12.2 Å². The van der Waals surface area contributed by atoms with Crippen LogP contribution in [0.2, 0.25) is 0 Å². The van der Waals surface area contributed by atoms with Crippen LogP contribution < -0.4 is 0 Å². The summed E-state index contributed by atoms with van der Waals surface area (Å²) in [5.74, 6) is 0. The number of halogens is 1. The van der Waals surface area contributed by atoms with Crippen LogP contribution in [0, 0.1) is 0 Å². The predicted molar refractivity (Wildman–Crippen MR) is 60.1 cm³/mol. The minimum atomic E-state index is 0.393. The summed E-state index contributed by atoms with van der Waals surface area (Å²) in [6.45, 7) is 0. The van der Waals surface area contributed by atoms with Gasteiger partial charge >= 0.3 is 0 Å². The van der Waals surface area contributed by atoms with Crippen molar-refractivity contribution in [2.75, 3.05) is 4.43 Å². The van der Waals surface area contributed by atoms with Crippen molar-refractivity contribution in [2.45, 2.75) is 25.0 Å². The van der Waals surface area contributed by atoms with Crippen LogP contribution in [0.4, 0.5) is 0 Å². The lowest BCUT2D eigenvalue weighted by atomic mass is 10.2. The lowest BCUT2D eigenvalue weighted by molar-refractivity contribution is 0.0619. The fourth-order valence-electron chi connectivity index (χ4n) is 1.50. The third-order valence-corrected chi connectivity index (χ3v) is 4.09. The SMILES string of the molecule is ICC1CCC(c2cccs2)O1. The summed E-state index contributed by atoms with van der Waals surface area (Å²) < 4.78 is 6.98. The predicted octanol–water partition coefficient (Wildman–Crippen LogP) is 3.40. The normalized spacial score (nSPS) is 29.4. The molecule has 0 N–H and O–H groups in total. The third-order valence-electron chi connectivity index (χ3n) is 2.14. The van der Waals surface area contributed by atoms with Gasteiger partial charge in [0.05, 0.1) is 12.2 Å². The van der Waals surface area contributed by atoms with E-state index < -0.39 is 0 Å². The van der Waals surface area contributed by atoms with Gasteiger partial charge in [0.15, 0.2) is 0 Å². The highest BCUT2D eigenvalue weighted by atomic mass is 127. The fourth-order valence-corrected chi connectivity index (χ4v) is 2.95. The smallest absolute Gasteiger partial charge is 0.0921 e. The molecule has 1 saturated heterocycles. The van der Waals surface area contributed by atoms with E-state index in [4.69, 9.17) is 4.74 Å². The van der Waals surface area contributed by atoms with E-state index in [1.807, 2.05) is 0 Å². The third kappa shape index (κ3) is 1.83. The monoisotopic (exact) mass is 294 g/mol. The van der Waals surface area contributed by atoms with Crippen LogP contribution in [-0.2, 0) is 4.74 Å². The van der Waals surface area contributed by atoms with Gasteiger partial charge in [0, 0.05) is 9.30 Å². The van der Waals surface area contributed by atoms with Gasteiger partial charge in [0.2, 0.25) is 0 Å². The molecule has 0 amide bonds. The van der Waals surface area contributed by atoms with Crippen LogP contribution in [-0.4, -0.2) is 10.5 Å². The van der Waals surface area contributed by atoms with E-state index in [-0.39, 0.29) is 0 Å².